The molecule has 1 saturated carbocycles. The minimum Gasteiger partial charge on any atom is -0.448 e. The van der Waals surface area contributed by atoms with Crippen LogP contribution in [0.2, 0.25) is 0 Å². The van der Waals surface area contributed by atoms with Gasteiger partial charge >= 0.3 is 6.09 Å². The van der Waals surface area contributed by atoms with E-state index in [1.54, 1.807) is 0 Å². The van der Waals surface area contributed by atoms with Crippen molar-refractivity contribution >= 4 is 6.09 Å². The van der Waals surface area contributed by atoms with Crippen molar-refractivity contribution in [3.8, 4) is 11.1 Å². The Morgan fingerprint density at radius 2 is 1.44 bits per heavy atom. The summed E-state index contributed by atoms with van der Waals surface area (Å²) in [5.41, 5.74) is 4.38. The highest BCUT2D eigenvalue weighted by Crippen LogP contribution is 2.46. The number of amides is 1. The molecule has 34 heavy (non-hydrogen) atoms. The number of ether oxygens (including phenoxy) is 1. The largest absolute Gasteiger partial charge is 0.448 e. The lowest BCUT2D eigenvalue weighted by Crippen LogP contribution is -2.60. The van der Waals surface area contributed by atoms with Gasteiger partial charge in [0, 0.05) is 18.0 Å². The van der Waals surface area contributed by atoms with E-state index in [0.29, 0.717) is 25.4 Å². The lowest BCUT2D eigenvalue weighted by atomic mass is 9.70. The highest BCUT2D eigenvalue weighted by atomic mass is 16.6. The van der Waals surface area contributed by atoms with Gasteiger partial charge in [0.25, 0.3) is 0 Å². The molecule has 2 aromatic rings. The zero-order chi connectivity index (χ0) is 23.1. The molecule has 1 N–H and O–H groups in total. The third-order valence-corrected chi connectivity index (χ3v) is 9.03. The second-order valence-electron chi connectivity index (χ2n) is 11.3. The van der Waals surface area contributed by atoms with Gasteiger partial charge in [0.05, 0.1) is 5.60 Å². The molecule has 0 radical (unpaired) electrons. The molecule has 0 aromatic heterocycles. The number of carbonyl (C=O) groups excluding carboxylic acids is 1. The molecular weight excluding hydrogens is 422 g/mol. The third-order valence-electron chi connectivity index (χ3n) is 9.03. The van der Waals surface area contributed by atoms with Crippen LogP contribution in [0.25, 0.3) is 11.1 Å². The van der Waals surface area contributed by atoms with Crippen molar-refractivity contribution < 1.29 is 14.6 Å². The number of rotatable bonds is 4. The maximum absolute atomic E-state index is 13.4. The smallest absolute Gasteiger partial charge is 0.410 e. The summed E-state index contributed by atoms with van der Waals surface area (Å²) in [6.45, 7) is 0.370. The molecule has 6 rings (SSSR count). The fourth-order valence-electron chi connectivity index (χ4n) is 7.59. The molecule has 2 aromatic carbocycles. The van der Waals surface area contributed by atoms with Gasteiger partial charge in [0.15, 0.2) is 0 Å². The molecule has 1 amide bonds. The Labute approximate surface area is 203 Å². The molecule has 2 saturated heterocycles. The summed E-state index contributed by atoms with van der Waals surface area (Å²) >= 11 is 0. The minimum absolute atomic E-state index is 0.0872. The van der Waals surface area contributed by atoms with Crippen LogP contribution < -0.4 is 0 Å². The number of nitrogens with zero attached hydrogens (tertiary/aromatic N) is 1. The van der Waals surface area contributed by atoms with Crippen LogP contribution in [-0.4, -0.2) is 40.4 Å². The van der Waals surface area contributed by atoms with E-state index in [2.05, 4.69) is 48.5 Å². The Bertz CT molecular complexity index is 983. The van der Waals surface area contributed by atoms with Crippen molar-refractivity contribution in [2.45, 2.75) is 94.2 Å². The summed E-state index contributed by atoms with van der Waals surface area (Å²) in [6.07, 6.45) is 11.7. The number of carbonyl (C=O) groups is 1. The Hall–Kier alpha value is -2.33. The van der Waals surface area contributed by atoms with Crippen LogP contribution in [0.15, 0.2) is 48.5 Å². The molecule has 2 heterocycles. The molecule has 2 atom stereocenters. The van der Waals surface area contributed by atoms with Gasteiger partial charge in [0.2, 0.25) is 0 Å². The average Bonchev–Trinajstić information content (AvgIpc) is 3.16. The predicted molar refractivity (Wildman–Crippen MR) is 134 cm³/mol. The lowest BCUT2D eigenvalue weighted by Gasteiger charge is -2.52. The monoisotopic (exact) mass is 459 g/mol. The van der Waals surface area contributed by atoms with Crippen molar-refractivity contribution in [3.63, 3.8) is 0 Å². The maximum atomic E-state index is 13.4. The second kappa shape index (κ2) is 9.03. The zero-order valence-corrected chi connectivity index (χ0v) is 20.1. The van der Waals surface area contributed by atoms with Crippen molar-refractivity contribution in [2.24, 2.45) is 5.92 Å². The highest BCUT2D eigenvalue weighted by Gasteiger charge is 2.48. The highest BCUT2D eigenvalue weighted by molar-refractivity contribution is 5.79. The van der Waals surface area contributed by atoms with Gasteiger partial charge in [-0.25, -0.2) is 4.79 Å². The summed E-state index contributed by atoms with van der Waals surface area (Å²) in [6, 6.07) is 17.2. The van der Waals surface area contributed by atoms with Crippen molar-refractivity contribution in [1.82, 2.24) is 4.90 Å². The fourth-order valence-corrected chi connectivity index (χ4v) is 7.59. The summed E-state index contributed by atoms with van der Waals surface area (Å²) in [5, 5.41) is 11.6. The molecule has 2 aliphatic heterocycles. The van der Waals surface area contributed by atoms with E-state index in [0.717, 1.165) is 25.7 Å². The normalized spacial score (nSPS) is 28.9. The standard InChI is InChI=1S/C30H37NO3/c32-29(34-20-28-26-15-6-4-13-24(26)25-14-5-7-16-27(25)28)31-22-11-8-12-23(31)19-30(33,18-22)17-21-9-2-1-3-10-21/h4-7,13-16,21-23,28,33H,1-3,8-12,17-20H2. The molecule has 2 unspecified atom stereocenters. The van der Waals surface area contributed by atoms with E-state index in [1.807, 2.05) is 4.90 Å². The Morgan fingerprint density at radius 3 is 2.06 bits per heavy atom. The van der Waals surface area contributed by atoms with Crippen molar-refractivity contribution in [3.05, 3.63) is 59.7 Å². The van der Waals surface area contributed by atoms with Gasteiger partial charge in [0.1, 0.15) is 6.61 Å². The average molecular weight is 460 g/mol. The predicted octanol–water partition coefficient (Wildman–Crippen LogP) is 6.65. The first-order valence-electron chi connectivity index (χ1n) is 13.5. The molecule has 180 valence electrons. The Kier molecular flexibility index (Phi) is 5.89. The van der Waals surface area contributed by atoms with E-state index >= 15 is 0 Å². The van der Waals surface area contributed by atoms with Gasteiger partial charge in [-0.1, -0.05) is 80.6 Å². The van der Waals surface area contributed by atoms with E-state index in [9.17, 15) is 9.90 Å². The SMILES string of the molecule is O=C(OCC1c2ccccc2-c2ccccc21)N1C2CCCC1CC(O)(CC1CCCCC1)C2. The van der Waals surface area contributed by atoms with Crippen LogP contribution in [0.4, 0.5) is 4.79 Å². The van der Waals surface area contributed by atoms with Gasteiger partial charge in [-0.05, 0) is 66.7 Å². The molecule has 4 aliphatic rings. The molecule has 2 bridgehead atoms. The van der Waals surface area contributed by atoms with Crippen LogP contribution >= 0.6 is 0 Å². The first kappa shape index (κ1) is 22.2. The summed E-state index contributed by atoms with van der Waals surface area (Å²) in [5.74, 6) is 0.740. The molecular formula is C30H37NO3. The molecule has 4 nitrogen and oxygen atoms in total. The Balaban J connectivity index is 1.15. The molecule has 0 spiro atoms. The molecule has 3 fully saturated rings. The fraction of sp³-hybridized carbons (Fsp3) is 0.567. The molecule has 2 aliphatic carbocycles. The Morgan fingerprint density at radius 1 is 0.853 bits per heavy atom. The number of hydrogen-bond acceptors (Lipinski definition) is 3. The summed E-state index contributed by atoms with van der Waals surface area (Å²) in [7, 11) is 0. The van der Waals surface area contributed by atoms with Gasteiger partial charge in [-0.15, -0.1) is 0 Å². The van der Waals surface area contributed by atoms with Gasteiger partial charge in [-0.3, -0.25) is 0 Å². The number of aliphatic hydroxyl groups is 1. The van der Waals surface area contributed by atoms with E-state index in [-0.39, 0.29) is 24.1 Å². The van der Waals surface area contributed by atoms with E-state index in [4.69, 9.17) is 4.74 Å². The van der Waals surface area contributed by atoms with Crippen LogP contribution in [0.1, 0.15) is 87.7 Å². The van der Waals surface area contributed by atoms with Crippen LogP contribution in [0.3, 0.4) is 0 Å². The first-order chi connectivity index (χ1) is 16.6. The van der Waals surface area contributed by atoms with Crippen LogP contribution in [0, 0.1) is 5.92 Å². The maximum Gasteiger partial charge on any atom is 0.410 e. The van der Waals surface area contributed by atoms with Gasteiger partial charge < -0.3 is 14.7 Å². The summed E-state index contributed by atoms with van der Waals surface area (Å²) in [4.78, 5) is 15.4. The number of benzene rings is 2. The third kappa shape index (κ3) is 4.04. The first-order valence-corrected chi connectivity index (χ1v) is 13.5. The van der Waals surface area contributed by atoms with Gasteiger partial charge in [-0.2, -0.15) is 0 Å². The summed E-state index contributed by atoms with van der Waals surface area (Å²) < 4.78 is 6.04. The number of piperidine rings is 2. The topological polar surface area (TPSA) is 49.8 Å². The van der Waals surface area contributed by atoms with Crippen molar-refractivity contribution in [1.29, 1.82) is 0 Å². The minimum atomic E-state index is -0.613. The lowest BCUT2D eigenvalue weighted by molar-refractivity contribution is -0.0970. The number of hydrogen-bond donors (Lipinski definition) is 1. The molecule has 4 heteroatoms. The zero-order valence-electron chi connectivity index (χ0n) is 20.1. The van der Waals surface area contributed by atoms with Crippen molar-refractivity contribution in [2.75, 3.05) is 6.61 Å². The van der Waals surface area contributed by atoms with Crippen LogP contribution in [-0.2, 0) is 4.74 Å². The number of fused-ring (bicyclic) bond motifs is 5. The van der Waals surface area contributed by atoms with Crippen LogP contribution in [0.5, 0.6) is 0 Å². The van der Waals surface area contributed by atoms with E-state index < -0.39 is 5.60 Å². The quantitative estimate of drug-likeness (QED) is 0.557. The van der Waals surface area contributed by atoms with E-state index in [1.165, 1.54) is 54.4 Å². The second-order valence-corrected chi connectivity index (χ2v) is 11.3.